The zero-order valence-corrected chi connectivity index (χ0v) is 6.68. The summed E-state index contributed by atoms with van der Waals surface area (Å²) in [5.41, 5.74) is 1.45. The highest BCUT2D eigenvalue weighted by Gasteiger charge is 2.23. The second kappa shape index (κ2) is 2.64. The molecule has 1 aliphatic rings. The molecular weight excluding hydrogens is 151 g/mol. The maximum atomic E-state index is 13.1. The fourth-order valence-electron chi connectivity index (χ4n) is 1.32. The zero-order valence-electron chi connectivity index (χ0n) is 6.68. The van der Waals surface area contributed by atoms with E-state index in [2.05, 4.69) is 5.92 Å². The van der Waals surface area contributed by atoms with Crippen LogP contribution in [0.5, 0.6) is 0 Å². The second-order valence-corrected chi connectivity index (χ2v) is 3.16. The summed E-state index contributed by atoms with van der Waals surface area (Å²) in [4.78, 5) is 0. The molecule has 2 rings (SSSR count). The summed E-state index contributed by atoms with van der Waals surface area (Å²) < 4.78 is 13.1. The van der Waals surface area contributed by atoms with Crippen molar-refractivity contribution in [3.05, 3.63) is 35.1 Å². The van der Waals surface area contributed by atoms with Gasteiger partial charge in [-0.05, 0) is 36.5 Å². The molecular formula is C11H9F. The lowest BCUT2D eigenvalue weighted by Gasteiger charge is -1.99. The normalized spacial score (nSPS) is 15.7. The summed E-state index contributed by atoms with van der Waals surface area (Å²) in [7, 11) is 0. The third-order valence-electron chi connectivity index (χ3n) is 2.20. The first-order valence-corrected chi connectivity index (χ1v) is 4.07. The van der Waals surface area contributed by atoms with Gasteiger partial charge in [0.05, 0.1) is 5.56 Å². The van der Waals surface area contributed by atoms with Crippen LogP contribution in [0.15, 0.2) is 18.2 Å². The van der Waals surface area contributed by atoms with Gasteiger partial charge >= 0.3 is 0 Å². The largest absolute Gasteiger partial charge is 0.206 e. The van der Waals surface area contributed by atoms with Crippen LogP contribution in [0.2, 0.25) is 0 Å². The van der Waals surface area contributed by atoms with Gasteiger partial charge < -0.3 is 0 Å². The Hall–Kier alpha value is -1.29. The van der Waals surface area contributed by atoms with E-state index in [0.717, 1.165) is 5.56 Å². The highest BCUT2D eigenvalue weighted by Crippen LogP contribution is 2.40. The molecule has 0 amide bonds. The average molecular weight is 160 g/mol. The minimum absolute atomic E-state index is 0.262. The average Bonchev–Trinajstić information content (AvgIpc) is 2.86. The Bertz CT molecular complexity index is 343. The summed E-state index contributed by atoms with van der Waals surface area (Å²) in [5, 5.41) is 0. The molecule has 1 heteroatoms. The molecule has 1 saturated carbocycles. The summed E-state index contributed by atoms with van der Waals surface area (Å²) in [6.07, 6.45) is 7.48. The van der Waals surface area contributed by atoms with Gasteiger partial charge in [-0.1, -0.05) is 12.0 Å². The van der Waals surface area contributed by atoms with Crippen LogP contribution in [0.25, 0.3) is 0 Å². The maximum Gasteiger partial charge on any atom is 0.139 e. The molecule has 0 saturated heterocycles. The topological polar surface area (TPSA) is 0 Å². The van der Waals surface area contributed by atoms with Crippen molar-refractivity contribution in [3.63, 3.8) is 0 Å². The fourth-order valence-corrected chi connectivity index (χ4v) is 1.32. The monoisotopic (exact) mass is 160 g/mol. The van der Waals surface area contributed by atoms with Crippen LogP contribution in [0.4, 0.5) is 4.39 Å². The molecule has 0 nitrogen and oxygen atoms in total. The molecule has 60 valence electrons. The summed E-state index contributed by atoms with van der Waals surface area (Å²) in [6, 6.07) is 5.17. The van der Waals surface area contributed by atoms with Gasteiger partial charge in [-0.3, -0.25) is 0 Å². The van der Waals surface area contributed by atoms with E-state index in [1.165, 1.54) is 12.8 Å². The van der Waals surface area contributed by atoms with E-state index >= 15 is 0 Å². The van der Waals surface area contributed by atoms with E-state index in [1.54, 1.807) is 12.1 Å². The Labute approximate surface area is 71.4 Å². The fraction of sp³-hybridized carbons (Fsp3) is 0.273. The van der Waals surface area contributed by atoms with E-state index in [9.17, 15) is 4.39 Å². The second-order valence-electron chi connectivity index (χ2n) is 3.16. The van der Waals surface area contributed by atoms with Crippen molar-refractivity contribution in [1.82, 2.24) is 0 Å². The lowest BCUT2D eigenvalue weighted by atomic mass is 10.1. The SMILES string of the molecule is C#Cc1ccc(C2CC2)cc1F. The quantitative estimate of drug-likeness (QED) is 0.554. The zero-order chi connectivity index (χ0) is 8.55. The number of hydrogen-bond acceptors (Lipinski definition) is 0. The molecule has 1 aliphatic carbocycles. The molecule has 0 N–H and O–H groups in total. The van der Waals surface area contributed by atoms with Crippen molar-refractivity contribution in [1.29, 1.82) is 0 Å². The van der Waals surface area contributed by atoms with Crippen molar-refractivity contribution in [2.75, 3.05) is 0 Å². The van der Waals surface area contributed by atoms with Gasteiger partial charge in [0.25, 0.3) is 0 Å². The molecule has 0 aliphatic heterocycles. The molecule has 12 heavy (non-hydrogen) atoms. The molecule has 0 heterocycles. The van der Waals surface area contributed by atoms with Crippen molar-refractivity contribution >= 4 is 0 Å². The van der Waals surface area contributed by atoms with Gasteiger partial charge in [-0.2, -0.15) is 0 Å². The van der Waals surface area contributed by atoms with Gasteiger partial charge in [-0.15, -0.1) is 6.42 Å². The highest BCUT2D eigenvalue weighted by molar-refractivity contribution is 5.37. The Morgan fingerprint density at radius 3 is 2.67 bits per heavy atom. The van der Waals surface area contributed by atoms with Crippen LogP contribution in [-0.2, 0) is 0 Å². The molecule has 1 fully saturated rings. The van der Waals surface area contributed by atoms with Gasteiger partial charge in [0, 0.05) is 0 Å². The number of benzene rings is 1. The molecule has 1 aromatic rings. The summed E-state index contributed by atoms with van der Waals surface area (Å²) in [5.74, 6) is 2.63. The standard InChI is InChI=1S/C11H9F/c1-2-8-3-6-10(7-11(8)12)9-4-5-9/h1,3,6-7,9H,4-5H2. The van der Waals surface area contributed by atoms with Gasteiger partial charge in [0.1, 0.15) is 5.82 Å². The van der Waals surface area contributed by atoms with Crippen LogP contribution >= 0.6 is 0 Å². The molecule has 0 atom stereocenters. The predicted molar refractivity (Wildman–Crippen MR) is 46.3 cm³/mol. The third kappa shape index (κ3) is 1.21. The van der Waals surface area contributed by atoms with Crippen molar-refractivity contribution < 1.29 is 4.39 Å². The minimum Gasteiger partial charge on any atom is -0.206 e. The predicted octanol–water partition coefficient (Wildman–Crippen LogP) is 2.68. The van der Waals surface area contributed by atoms with E-state index in [-0.39, 0.29) is 5.82 Å². The van der Waals surface area contributed by atoms with Crippen LogP contribution in [0.3, 0.4) is 0 Å². The summed E-state index contributed by atoms with van der Waals surface area (Å²) in [6.45, 7) is 0. The first kappa shape index (κ1) is 7.36. The van der Waals surface area contributed by atoms with E-state index in [4.69, 9.17) is 6.42 Å². The van der Waals surface area contributed by atoms with E-state index in [0.29, 0.717) is 11.5 Å². The van der Waals surface area contributed by atoms with Gasteiger partial charge in [0.2, 0.25) is 0 Å². The molecule has 1 aromatic carbocycles. The van der Waals surface area contributed by atoms with E-state index < -0.39 is 0 Å². The number of hydrogen-bond donors (Lipinski definition) is 0. The third-order valence-corrected chi connectivity index (χ3v) is 2.20. The molecule has 0 bridgehead atoms. The number of terminal acetylenes is 1. The lowest BCUT2D eigenvalue weighted by Crippen LogP contribution is -1.86. The van der Waals surface area contributed by atoms with Crippen molar-refractivity contribution in [2.45, 2.75) is 18.8 Å². The van der Waals surface area contributed by atoms with Crippen LogP contribution in [0.1, 0.15) is 29.9 Å². The molecule has 0 unspecified atom stereocenters. The Morgan fingerprint density at radius 2 is 2.17 bits per heavy atom. The van der Waals surface area contributed by atoms with Gasteiger partial charge in [-0.25, -0.2) is 4.39 Å². The van der Waals surface area contributed by atoms with Crippen LogP contribution < -0.4 is 0 Å². The maximum absolute atomic E-state index is 13.1. The van der Waals surface area contributed by atoms with Crippen LogP contribution in [-0.4, -0.2) is 0 Å². The Kier molecular flexibility index (Phi) is 1.62. The smallest absolute Gasteiger partial charge is 0.139 e. The number of rotatable bonds is 1. The highest BCUT2D eigenvalue weighted by atomic mass is 19.1. The Morgan fingerprint density at radius 1 is 1.42 bits per heavy atom. The lowest BCUT2D eigenvalue weighted by molar-refractivity contribution is 0.622. The molecule has 0 aromatic heterocycles. The Balaban J connectivity index is 2.38. The van der Waals surface area contributed by atoms with Crippen molar-refractivity contribution in [3.8, 4) is 12.3 Å². The number of halogens is 1. The van der Waals surface area contributed by atoms with E-state index in [1.807, 2.05) is 6.07 Å². The first-order chi connectivity index (χ1) is 5.81. The summed E-state index contributed by atoms with van der Waals surface area (Å²) >= 11 is 0. The minimum atomic E-state index is -0.262. The first-order valence-electron chi connectivity index (χ1n) is 4.07. The van der Waals surface area contributed by atoms with Crippen molar-refractivity contribution in [2.24, 2.45) is 0 Å². The molecule has 0 spiro atoms. The molecule has 0 radical (unpaired) electrons. The van der Waals surface area contributed by atoms with Crippen LogP contribution in [0, 0.1) is 18.2 Å². The van der Waals surface area contributed by atoms with Gasteiger partial charge in [0.15, 0.2) is 0 Å².